The molecule has 1 atom stereocenters. The van der Waals surface area contributed by atoms with Crippen molar-refractivity contribution in [1.82, 2.24) is 4.98 Å². The van der Waals surface area contributed by atoms with Gasteiger partial charge in [-0.25, -0.2) is 0 Å². The Hall–Kier alpha value is -2.89. The Bertz CT molecular complexity index is 870. The fourth-order valence-electron chi connectivity index (χ4n) is 2.89. The second-order valence-corrected chi connectivity index (χ2v) is 6.03. The van der Waals surface area contributed by atoms with Gasteiger partial charge in [0.2, 0.25) is 0 Å². The number of Topliss-reactive ketones (excluding diaryl/α,β-unsaturated/α-hetero) is 1. The lowest BCUT2D eigenvalue weighted by Gasteiger charge is -2.20. The molecule has 0 radical (unpaired) electrons. The van der Waals surface area contributed by atoms with E-state index in [1.165, 1.54) is 13.2 Å². The van der Waals surface area contributed by atoms with Crippen molar-refractivity contribution >= 4 is 17.4 Å². The number of rotatable bonds is 3. The van der Waals surface area contributed by atoms with Gasteiger partial charge in [0.1, 0.15) is 11.3 Å². The first kappa shape index (κ1) is 16.0. The van der Waals surface area contributed by atoms with Crippen LogP contribution >= 0.6 is 0 Å². The molecule has 124 valence electrons. The first-order valence-electron chi connectivity index (χ1n) is 7.72. The number of anilines is 1. The normalized spacial score (nSPS) is 16.4. The van der Waals surface area contributed by atoms with Crippen LogP contribution in [0, 0.1) is 5.92 Å². The van der Waals surface area contributed by atoms with E-state index in [1.807, 2.05) is 6.92 Å². The number of hydrogen-bond donors (Lipinski definition) is 2. The van der Waals surface area contributed by atoms with Gasteiger partial charge >= 0.3 is 0 Å². The maximum atomic E-state index is 12.4. The largest absolute Gasteiger partial charge is 0.497 e. The summed E-state index contributed by atoms with van der Waals surface area (Å²) in [5.74, 6) is 0.183. The maximum Gasteiger partial charge on any atom is 0.261 e. The molecule has 1 aromatic heterocycles. The zero-order valence-corrected chi connectivity index (χ0v) is 13.5. The molecule has 1 aliphatic rings. The molecule has 24 heavy (non-hydrogen) atoms. The number of methoxy groups -OCH3 is 1. The van der Waals surface area contributed by atoms with E-state index in [0.29, 0.717) is 35.5 Å². The van der Waals surface area contributed by atoms with Crippen molar-refractivity contribution < 1.29 is 14.3 Å². The number of H-pyrrole nitrogens is 1. The predicted molar refractivity (Wildman–Crippen MR) is 89.8 cm³/mol. The minimum Gasteiger partial charge on any atom is -0.497 e. The van der Waals surface area contributed by atoms with Crippen LogP contribution in [0.2, 0.25) is 0 Å². The molecule has 0 saturated carbocycles. The Morgan fingerprint density at radius 3 is 2.79 bits per heavy atom. The van der Waals surface area contributed by atoms with E-state index < -0.39 is 11.5 Å². The molecule has 0 bridgehead atoms. The summed E-state index contributed by atoms with van der Waals surface area (Å²) in [7, 11) is 1.53. The van der Waals surface area contributed by atoms with Crippen molar-refractivity contribution in [2.24, 2.45) is 5.92 Å². The summed E-state index contributed by atoms with van der Waals surface area (Å²) in [6.45, 7) is 1.96. The van der Waals surface area contributed by atoms with Crippen molar-refractivity contribution in [1.29, 1.82) is 0 Å². The molecule has 0 aliphatic heterocycles. The molecule has 2 aromatic rings. The molecule has 6 nitrogen and oxygen atoms in total. The molecular formula is C18H18N2O4. The highest BCUT2D eigenvalue weighted by molar-refractivity contribution is 6.06. The third-order valence-electron chi connectivity index (χ3n) is 4.08. The Morgan fingerprint density at radius 2 is 2.04 bits per heavy atom. The van der Waals surface area contributed by atoms with Crippen molar-refractivity contribution in [3.8, 4) is 5.75 Å². The Morgan fingerprint density at radius 1 is 1.25 bits per heavy atom. The topological polar surface area (TPSA) is 88.3 Å². The van der Waals surface area contributed by atoms with Crippen LogP contribution in [0.25, 0.3) is 0 Å². The molecule has 1 aliphatic carbocycles. The van der Waals surface area contributed by atoms with E-state index in [0.717, 1.165) is 0 Å². The van der Waals surface area contributed by atoms with Crippen LogP contribution in [0.3, 0.4) is 0 Å². The third kappa shape index (κ3) is 3.08. The number of pyridine rings is 1. The monoisotopic (exact) mass is 326 g/mol. The highest BCUT2D eigenvalue weighted by Gasteiger charge is 2.25. The van der Waals surface area contributed by atoms with E-state index >= 15 is 0 Å². The van der Waals surface area contributed by atoms with Gasteiger partial charge < -0.3 is 15.0 Å². The number of aromatic nitrogens is 1. The van der Waals surface area contributed by atoms with Crippen LogP contribution in [0.15, 0.2) is 35.1 Å². The highest BCUT2D eigenvalue weighted by Crippen LogP contribution is 2.24. The summed E-state index contributed by atoms with van der Waals surface area (Å²) in [6, 6.07) is 8.23. The summed E-state index contributed by atoms with van der Waals surface area (Å²) in [5.41, 5.74) is 0.997. The quantitative estimate of drug-likeness (QED) is 0.906. The van der Waals surface area contributed by atoms with Gasteiger partial charge in [0.05, 0.1) is 7.11 Å². The lowest BCUT2D eigenvalue weighted by molar-refractivity contribution is 0.0952. The third-order valence-corrected chi connectivity index (χ3v) is 4.08. The number of amides is 1. The standard InChI is InChI=1S/C18H18N2O4/c1-10-6-15-13(16(21)7-10)9-14(18(23)20-15)17(22)19-11-4-3-5-12(8-11)24-2/h3-5,8-10H,6-7H2,1-2H3,(H,19,22)(H,20,23)/t10-/m0/s1. The van der Waals surface area contributed by atoms with Crippen LogP contribution in [0.1, 0.15) is 39.8 Å². The van der Waals surface area contributed by atoms with E-state index in [4.69, 9.17) is 4.74 Å². The molecule has 1 heterocycles. The number of benzene rings is 1. The molecular weight excluding hydrogens is 308 g/mol. The highest BCUT2D eigenvalue weighted by atomic mass is 16.5. The summed E-state index contributed by atoms with van der Waals surface area (Å²) >= 11 is 0. The first-order valence-corrected chi connectivity index (χ1v) is 7.72. The molecule has 3 rings (SSSR count). The number of fused-ring (bicyclic) bond motifs is 1. The van der Waals surface area contributed by atoms with Gasteiger partial charge in [0, 0.05) is 29.4 Å². The van der Waals surface area contributed by atoms with Gasteiger partial charge in [-0.3, -0.25) is 14.4 Å². The van der Waals surface area contributed by atoms with E-state index in [9.17, 15) is 14.4 Å². The van der Waals surface area contributed by atoms with E-state index in [-0.39, 0.29) is 17.3 Å². The molecule has 1 aromatic carbocycles. The SMILES string of the molecule is COc1cccc(NC(=O)c2cc3c([nH]c2=O)C[C@H](C)CC3=O)c1. The van der Waals surface area contributed by atoms with E-state index in [1.54, 1.807) is 24.3 Å². The predicted octanol–water partition coefficient (Wildman–Crippen LogP) is 2.40. The molecule has 0 fully saturated rings. The Labute approximate surface area is 138 Å². The smallest absolute Gasteiger partial charge is 0.261 e. The van der Waals surface area contributed by atoms with Crippen molar-refractivity contribution in [3.05, 3.63) is 57.5 Å². The number of ether oxygens (including phenoxy) is 1. The molecule has 2 N–H and O–H groups in total. The van der Waals surface area contributed by atoms with Crippen LogP contribution in [0.5, 0.6) is 5.75 Å². The van der Waals surface area contributed by atoms with Gasteiger partial charge in [-0.2, -0.15) is 0 Å². The van der Waals surface area contributed by atoms with Crippen LogP contribution < -0.4 is 15.6 Å². The number of carbonyl (C=O) groups excluding carboxylic acids is 2. The Balaban J connectivity index is 1.91. The lowest BCUT2D eigenvalue weighted by atomic mass is 9.86. The van der Waals surface area contributed by atoms with Gasteiger partial charge in [0.25, 0.3) is 11.5 Å². The number of nitrogens with one attached hydrogen (secondary N) is 2. The Kier molecular flexibility index (Phi) is 4.20. The van der Waals surface area contributed by atoms with Crippen molar-refractivity contribution in [2.45, 2.75) is 19.8 Å². The summed E-state index contributed by atoms with van der Waals surface area (Å²) in [6.07, 6.45) is 1.06. The van der Waals surface area contributed by atoms with Crippen LogP contribution in [0.4, 0.5) is 5.69 Å². The molecule has 0 unspecified atom stereocenters. The van der Waals surface area contributed by atoms with Crippen molar-refractivity contribution in [3.63, 3.8) is 0 Å². The second kappa shape index (κ2) is 6.31. The molecule has 0 spiro atoms. The maximum absolute atomic E-state index is 12.4. The number of aromatic amines is 1. The fourth-order valence-corrected chi connectivity index (χ4v) is 2.89. The summed E-state index contributed by atoms with van der Waals surface area (Å²) in [4.78, 5) is 39.5. The minimum absolute atomic E-state index is 0.0459. The van der Waals surface area contributed by atoms with Crippen LogP contribution in [-0.2, 0) is 6.42 Å². The average Bonchev–Trinajstić information content (AvgIpc) is 2.54. The molecule has 0 saturated heterocycles. The second-order valence-electron chi connectivity index (χ2n) is 6.03. The van der Waals surface area contributed by atoms with Crippen LogP contribution in [-0.4, -0.2) is 23.8 Å². The minimum atomic E-state index is -0.557. The average molecular weight is 326 g/mol. The van der Waals surface area contributed by atoms with E-state index in [2.05, 4.69) is 10.3 Å². The zero-order valence-electron chi connectivity index (χ0n) is 13.5. The zero-order chi connectivity index (χ0) is 17.3. The van der Waals surface area contributed by atoms with Gasteiger partial charge in [-0.15, -0.1) is 0 Å². The van der Waals surface area contributed by atoms with Gasteiger partial charge in [-0.05, 0) is 30.5 Å². The first-order chi connectivity index (χ1) is 11.5. The lowest BCUT2D eigenvalue weighted by Crippen LogP contribution is -2.29. The summed E-state index contributed by atoms with van der Waals surface area (Å²) in [5, 5.41) is 2.65. The van der Waals surface area contributed by atoms with Gasteiger partial charge in [-0.1, -0.05) is 13.0 Å². The van der Waals surface area contributed by atoms with Crippen molar-refractivity contribution in [2.75, 3.05) is 12.4 Å². The van der Waals surface area contributed by atoms with Gasteiger partial charge in [0.15, 0.2) is 5.78 Å². The summed E-state index contributed by atoms with van der Waals surface area (Å²) < 4.78 is 5.10. The number of ketones is 1. The molecule has 6 heteroatoms. The number of carbonyl (C=O) groups is 2. The number of hydrogen-bond acceptors (Lipinski definition) is 4. The molecule has 1 amide bonds. The fraction of sp³-hybridized carbons (Fsp3) is 0.278.